The number of aldehydes is 1. The molecule has 1 heterocycles. The maximum absolute atomic E-state index is 11.2. The number of nitrogens with two attached hydrogens (primary N) is 1. The number of rotatable bonds is 2. The summed E-state index contributed by atoms with van der Waals surface area (Å²) in [6, 6.07) is 13.8. The topological polar surface area (TPSA) is 52.3 Å². The molecule has 2 aliphatic rings. The van der Waals surface area contributed by atoms with Gasteiger partial charge in [-0.05, 0) is 36.5 Å². The Bertz CT molecular complexity index is 734. The van der Waals surface area contributed by atoms with Crippen LogP contribution in [0.25, 0.3) is 11.1 Å². The van der Waals surface area contributed by atoms with E-state index in [1.807, 2.05) is 42.5 Å². The van der Waals surface area contributed by atoms with E-state index in [2.05, 4.69) is 0 Å². The highest BCUT2D eigenvalue weighted by atomic mass is 16.5. The second kappa shape index (κ2) is 4.96. The molecule has 0 saturated heterocycles. The molecule has 0 amide bonds. The van der Waals surface area contributed by atoms with Crippen LogP contribution >= 0.6 is 0 Å². The van der Waals surface area contributed by atoms with Gasteiger partial charge in [-0.15, -0.1) is 0 Å². The minimum absolute atomic E-state index is 0.0411. The molecular formula is C19H19NO2. The molecule has 112 valence electrons. The smallest absolute Gasteiger partial charge is 0.150 e. The lowest BCUT2D eigenvalue weighted by atomic mass is 9.73. The van der Waals surface area contributed by atoms with Crippen molar-refractivity contribution in [1.29, 1.82) is 0 Å². The van der Waals surface area contributed by atoms with Crippen LogP contribution < -0.4 is 10.5 Å². The molecule has 3 nitrogen and oxygen atoms in total. The number of ether oxygens (including phenoxy) is 1. The minimum Gasteiger partial charge on any atom is -0.487 e. The summed E-state index contributed by atoms with van der Waals surface area (Å²) in [5, 5.41) is 0. The number of hydrogen-bond acceptors (Lipinski definition) is 3. The average Bonchev–Trinajstić information content (AvgIpc) is 2.52. The molecule has 0 radical (unpaired) electrons. The van der Waals surface area contributed by atoms with Gasteiger partial charge >= 0.3 is 0 Å². The molecule has 1 aliphatic carbocycles. The van der Waals surface area contributed by atoms with Crippen molar-refractivity contribution in [2.24, 2.45) is 5.73 Å². The van der Waals surface area contributed by atoms with Crippen LogP contribution in [0.15, 0.2) is 42.5 Å². The molecule has 1 atom stereocenters. The molecule has 3 heteroatoms. The highest BCUT2D eigenvalue weighted by Crippen LogP contribution is 2.48. The van der Waals surface area contributed by atoms with Gasteiger partial charge in [0.1, 0.15) is 11.4 Å². The zero-order valence-corrected chi connectivity index (χ0v) is 12.4. The van der Waals surface area contributed by atoms with Gasteiger partial charge in [0.05, 0.1) is 0 Å². The largest absolute Gasteiger partial charge is 0.487 e. The van der Waals surface area contributed by atoms with Crippen LogP contribution in [0.2, 0.25) is 0 Å². The van der Waals surface area contributed by atoms with Crippen molar-refractivity contribution in [1.82, 2.24) is 0 Å². The number of fused-ring (bicyclic) bond motifs is 1. The van der Waals surface area contributed by atoms with Crippen molar-refractivity contribution in [3.63, 3.8) is 0 Å². The number of hydrogen-bond donors (Lipinski definition) is 1. The third-order valence-electron chi connectivity index (χ3n) is 4.99. The van der Waals surface area contributed by atoms with Gasteiger partial charge in [-0.2, -0.15) is 0 Å². The highest BCUT2D eigenvalue weighted by molar-refractivity contribution is 5.87. The van der Waals surface area contributed by atoms with Crippen LogP contribution in [0.3, 0.4) is 0 Å². The third kappa shape index (κ3) is 2.04. The van der Waals surface area contributed by atoms with E-state index in [4.69, 9.17) is 10.5 Å². The van der Waals surface area contributed by atoms with Crippen molar-refractivity contribution < 1.29 is 9.53 Å². The van der Waals surface area contributed by atoms with Crippen molar-refractivity contribution >= 4 is 6.29 Å². The van der Waals surface area contributed by atoms with Gasteiger partial charge in [0.2, 0.25) is 0 Å². The maximum Gasteiger partial charge on any atom is 0.150 e. The Morgan fingerprint density at radius 1 is 1.18 bits per heavy atom. The first-order valence-corrected chi connectivity index (χ1v) is 7.84. The van der Waals surface area contributed by atoms with Crippen molar-refractivity contribution in [3.05, 3.63) is 53.6 Å². The summed E-state index contributed by atoms with van der Waals surface area (Å²) >= 11 is 0. The average molecular weight is 293 g/mol. The zero-order valence-electron chi connectivity index (χ0n) is 12.4. The normalized spacial score (nSPS) is 21.6. The Labute approximate surface area is 130 Å². The van der Waals surface area contributed by atoms with E-state index < -0.39 is 0 Å². The molecule has 1 spiro atoms. The molecule has 4 rings (SSSR count). The predicted octanol–water partition coefficient (Wildman–Crippen LogP) is 3.87. The van der Waals surface area contributed by atoms with Gasteiger partial charge in [-0.1, -0.05) is 36.4 Å². The van der Waals surface area contributed by atoms with E-state index in [9.17, 15) is 4.79 Å². The molecule has 1 saturated carbocycles. The molecule has 1 unspecified atom stereocenters. The van der Waals surface area contributed by atoms with Crippen LogP contribution in [0.4, 0.5) is 0 Å². The Balaban J connectivity index is 1.78. The van der Waals surface area contributed by atoms with Crippen molar-refractivity contribution in [3.8, 4) is 16.9 Å². The number of benzene rings is 2. The summed E-state index contributed by atoms with van der Waals surface area (Å²) in [5.74, 6) is 0.886. The van der Waals surface area contributed by atoms with E-state index in [0.29, 0.717) is 5.56 Å². The first kappa shape index (κ1) is 13.5. The Morgan fingerprint density at radius 2 is 2.00 bits per heavy atom. The van der Waals surface area contributed by atoms with Gasteiger partial charge in [0, 0.05) is 23.6 Å². The Morgan fingerprint density at radius 3 is 2.73 bits per heavy atom. The van der Waals surface area contributed by atoms with E-state index in [0.717, 1.165) is 48.0 Å². The van der Waals surface area contributed by atoms with Crippen molar-refractivity contribution in [2.45, 2.75) is 37.3 Å². The molecule has 2 N–H and O–H groups in total. The first-order valence-electron chi connectivity index (χ1n) is 7.84. The fraction of sp³-hybridized carbons (Fsp3) is 0.316. The fourth-order valence-corrected chi connectivity index (χ4v) is 3.62. The first-order chi connectivity index (χ1) is 10.7. The zero-order chi connectivity index (χ0) is 15.2. The monoisotopic (exact) mass is 293 g/mol. The second-order valence-electron chi connectivity index (χ2n) is 6.41. The van der Waals surface area contributed by atoms with Crippen LogP contribution in [0.5, 0.6) is 5.75 Å². The standard InChI is InChI=1S/C19H19NO2/c20-17-11-19(8-3-9-19)22-18-10-13(6-7-16(17)18)15-5-2-1-4-14(15)12-21/h1-2,4-7,10,12,17H,3,8-9,11,20H2. The SMILES string of the molecule is NC1CC2(CCC2)Oc2cc(-c3ccccc3C=O)ccc21. The molecule has 1 aliphatic heterocycles. The lowest BCUT2D eigenvalue weighted by molar-refractivity contribution is -0.0328. The Kier molecular flexibility index (Phi) is 3.05. The van der Waals surface area contributed by atoms with Crippen LogP contribution in [0, 0.1) is 0 Å². The van der Waals surface area contributed by atoms with Crippen LogP contribution in [0.1, 0.15) is 47.6 Å². The summed E-state index contributed by atoms with van der Waals surface area (Å²) < 4.78 is 6.29. The van der Waals surface area contributed by atoms with E-state index in [1.54, 1.807) is 0 Å². The van der Waals surface area contributed by atoms with E-state index in [1.165, 1.54) is 6.42 Å². The summed E-state index contributed by atoms with van der Waals surface area (Å²) in [4.78, 5) is 11.2. The number of carbonyl (C=O) groups is 1. The highest BCUT2D eigenvalue weighted by Gasteiger charge is 2.44. The van der Waals surface area contributed by atoms with Crippen LogP contribution in [-0.2, 0) is 0 Å². The molecule has 0 aromatic heterocycles. The minimum atomic E-state index is -0.0464. The number of carbonyl (C=O) groups excluding carboxylic acids is 1. The molecule has 22 heavy (non-hydrogen) atoms. The predicted molar refractivity (Wildman–Crippen MR) is 86.0 cm³/mol. The lowest BCUT2D eigenvalue weighted by Gasteiger charge is -2.47. The molecule has 0 bridgehead atoms. The summed E-state index contributed by atoms with van der Waals surface area (Å²) in [6.07, 6.45) is 5.21. The summed E-state index contributed by atoms with van der Waals surface area (Å²) in [5.41, 5.74) is 10.0. The summed E-state index contributed by atoms with van der Waals surface area (Å²) in [6.45, 7) is 0. The quantitative estimate of drug-likeness (QED) is 0.855. The van der Waals surface area contributed by atoms with Crippen molar-refractivity contribution in [2.75, 3.05) is 0 Å². The van der Waals surface area contributed by atoms with Crippen LogP contribution in [-0.4, -0.2) is 11.9 Å². The van der Waals surface area contributed by atoms with Gasteiger partial charge in [-0.25, -0.2) is 0 Å². The van der Waals surface area contributed by atoms with Gasteiger partial charge in [0.15, 0.2) is 6.29 Å². The fourth-order valence-electron chi connectivity index (χ4n) is 3.62. The second-order valence-corrected chi connectivity index (χ2v) is 6.41. The molecule has 2 aromatic rings. The van der Waals surface area contributed by atoms with E-state index >= 15 is 0 Å². The van der Waals surface area contributed by atoms with Gasteiger partial charge in [-0.3, -0.25) is 4.79 Å². The van der Waals surface area contributed by atoms with Gasteiger partial charge in [0.25, 0.3) is 0 Å². The Hall–Kier alpha value is -2.13. The third-order valence-corrected chi connectivity index (χ3v) is 4.99. The molecular weight excluding hydrogens is 274 g/mol. The van der Waals surface area contributed by atoms with E-state index in [-0.39, 0.29) is 11.6 Å². The molecule has 2 aromatic carbocycles. The molecule has 1 fully saturated rings. The lowest BCUT2D eigenvalue weighted by Crippen LogP contribution is -2.48. The van der Waals surface area contributed by atoms with Gasteiger partial charge < -0.3 is 10.5 Å². The summed E-state index contributed by atoms with van der Waals surface area (Å²) in [7, 11) is 0. The maximum atomic E-state index is 11.2.